The lowest BCUT2D eigenvalue weighted by molar-refractivity contribution is -0.134. The predicted molar refractivity (Wildman–Crippen MR) is 104 cm³/mol. The molecule has 0 atom stereocenters. The number of aldehydes is 1. The van der Waals surface area contributed by atoms with Crippen molar-refractivity contribution in [1.82, 2.24) is 9.21 Å². The lowest BCUT2D eigenvalue weighted by atomic mass is 10.2. The van der Waals surface area contributed by atoms with Gasteiger partial charge in [-0.25, -0.2) is 8.42 Å². The van der Waals surface area contributed by atoms with Crippen molar-refractivity contribution in [2.75, 3.05) is 32.8 Å². The van der Waals surface area contributed by atoms with Gasteiger partial charge in [0.25, 0.3) is 5.91 Å². The van der Waals surface area contributed by atoms with Gasteiger partial charge in [0.1, 0.15) is 5.75 Å². The van der Waals surface area contributed by atoms with Crippen LogP contribution in [0.2, 0.25) is 5.02 Å². The van der Waals surface area contributed by atoms with Crippen LogP contribution in [0.1, 0.15) is 10.4 Å². The number of halogens is 1. The monoisotopic (exact) mass is 422 g/mol. The van der Waals surface area contributed by atoms with E-state index in [2.05, 4.69) is 0 Å². The summed E-state index contributed by atoms with van der Waals surface area (Å²) in [7, 11) is -3.63. The Morgan fingerprint density at radius 2 is 1.68 bits per heavy atom. The van der Waals surface area contributed by atoms with Crippen LogP contribution in [0.15, 0.2) is 53.4 Å². The second-order valence-corrected chi connectivity index (χ2v) is 8.56. The number of carbonyl (C=O) groups is 2. The molecule has 1 amide bonds. The van der Waals surface area contributed by atoms with Gasteiger partial charge >= 0.3 is 0 Å². The van der Waals surface area contributed by atoms with Crippen molar-refractivity contribution in [1.29, 1.82) is 0 Å². The molecule has 0 aliphatic carbocycles. The largest absolute Gasteiger partial charge is 0.483 e. The third kappa shape index (κ3) is 4.52. The van der Waals surface area contributed by atoms with Gasteiger partial charge in [-0.1, -0.05) is 23.7 Å². The molecule has 9 heteroatoms. The topological polar surface area (TPSA) is 84.0 Å². The molecule has 3 rings (SSSR count). The number of benzene rings is 2. The Labute approximate surface area is 168 Å². The third-order valence-corrected chi connectivity index (χ3v) is 6.60. The molecule has 0 unspecified atom stereocenters. The summed E-state index contributed by atoms with van der Waals surface area (Å²) in [5.41, 5.74) is 0.370. The fourth-order valence-corrected chi connectivity index (χ4v) is 4.42. The van der Waals surface area contributed by atoms with Crippen molar-refractivity contribution in [3.8, 4) is 5.75 Å². The fraction of sp³-hybridized carbons (Fsp3) is 0.263. The van der Waals surface area contributed by atoms with Crippen molar-refractivity contribution in [2.45, 2.75) is 4.90 Å². The maximum absolute atomic E-state index is 12.7. The van der Waals surface area contributed by atoms with Gasteiger partial charge < -0.3 is 9.64 Å². The number of ether oxygens (including phenoxy) is 1. The highest BCUT2D eigenvalue weighted by molar-refractivity contribution is 7.89. The van der Waals surface area contributed by atoms with E-state index in [4.69, 9.17) is 16.3 Å². The van der Waals surface area contributed by atoms with Crippen LogP contribution in [0.4, 0.5) is 0 Å². The first-order valence-electron chi connectivity index (χ1n) is 8.62. The zero-order valence-corrected chi connectivity index (χ0v) is 16.5. The number of piperazine rings is 1. The average Bonchev–Trinajstić information content (AvgIpc) is 2.72. The molecule has 28 heavy (non-hydrogen) atoms. The average molecular weight is 423 g/mol. The number of amides is 1. The van der Waals surface area contributed by atoms with Crippen LogP contribution in [-0.2, 0) is 14.8 Å². The van der Waals surface area contributed by atoms with Gasteiger partial charge in [0, 0.05) is 31.2 Å². The molecule has 2 aromatic rings. The van der Waals surface area contributed by atoms with Crippen LogP contribution in [0.5, 0.6) is 5.75 Å². The molecule has 0 bridgehead atoms. The van der Waals surface area contributed by atoms with Crippen LogP contribution < -0.4 is 4.74 Å². The molecule has 1 saturated heterocycles. The first-order chi connectivity index (χ1) is 13.4. The Morgan fingerprint density at radius 1 is 1.04 bits per heavy atom. The summed E-state index contributed by atoms with van der Waals surface area (Å²) >= 11 is 5.81. The van der Waals surface area contributed by atoms with Gasteiger partial charge in [0.2, 0.25) is 10.0 Å². The molecule has 1 heterocycles. The van der Waals surface area contributed by atoms with Crippen molar-refractivity contribution >= 4 is 33.8 Å². The Morgan fingerprint density at radius 3 is 2.32 bits per heavy atom. The van der Waals surface area contributed by atoms with E-state index >= 15 is 0 Å². The van der Waals surface area contributed by atoms with E-state index in [1.807, 2.05) is 0 Å². The number of nitrogens with zero attached hydrogens (tertiary/aromatic N) is 2. The maximum Gasteiger partial charge on any atom is 0.260 e. The minimum Gasteiger partial charge on any atom is -0.483 e. The second-order valence-electron chi connectivity index (χ2n) is 6.18. The fourth-order valence-electron chi connectivity index (χ4n) is 2.87. The molecule has 0 aromatic heterocycles. The Balaban J connectivity index is 1.56. The highest BCUT2D eigenvalue weighted by atomic mass is 35.5. The number of rotatable bonds is 6. The quantitative estimate of drug-likeness (QED) is 0.665. The van der Waals surface area contributed by atoms with Gasteiger partial charge in [-0.2, -0.15) is 4.31 Å². The molecule has 0 spiro atoms. The van der Waals surface area contributed by atoms with E-state index in [1.54, 1.807) is 29.2 Å². The molecule has 0 saturated carbocycles. The van der Waals surface area contributed by atoms with Gasteiger partial charge in [-0.15, -0.1) is 0 Å². The summed E-state index contributed by atoms with van der Waals surface area (Å²) in [6.07, 6.45) is 0.667. The summed E-state index contributed by atoms with van der Waals surface area (Å²) in [5, 5.41) is 0.463. The molecule has 7 nitrogen and oxygen atoms in total. The van der Waals surface area contributed by atoms with E-state index in [9.17, 15) is 18.0 Å². The summed E-state index contributed by atoms with van der Waals surface area (Å²) in [6, 6.07) is 12.6. The van der Waals surface area contributed by atoms with Crippen molar-refractivity contribution in [3.63, 3.8) is 0 Å². The van der Waals surface area contributed by atoms with Crippen LogP contribution in [0, 0.1) is 0 Å². The van der Waals surface area contributed by atoms with Crippen molar-refractivity contribution in [3.05, 3.63) is 59.1 Å². The SMILES string of the molecule is O=Cc1ccccc1OCC(=O)N1CCN(S(=O)(=O)c2ccc(Cl)cc2)CC1. The number of sulfonamides is 1. The summed E-state index contributed by atoms with van der Waals surface area (Å²) in [5.74, 6) is 0.0824. The molecule has 1 aliphatic rings. The maximum atomic E-state index is 12.7. The molecule has 0 N–H and O–H groups in total. The second kappa shape index (κ2) is 8.72. The molecule has 2 aromatic carbocycles. The van der Waals surface area contributed by atoms with Gasteiger partial charge in [0.15, 0.2) is 12.9 Å². The van der Waals surface area contributed by atoms with Gasteiger partial charge in [-0.3, -0.25) is 9.59 Å². The summed E-state index contributed by atoms with van der Waals surface area (Å²) in [6.45, 7) is 0.715. The van der Waals surface area contributed by atoms with Gasteiger partial charge in [-0.05, 0) is 36.4 Å². The Hall–Kier alpha value is -2.42. The standard InChI is InChI=1S/C19H19ClN2O5S/c20-16-5-7-17(8-6-16)28(25,26)22-11-9-21(10-12-22)19(24)14-27-18-4-2-1-3-15(18)13-23/h1-8,13H,9-12,14H2. The van der Waals surface area contributed by atoms with Gasteiger partial charge in [0.05, 0.1) is 10.5 Å². The lowest BCUT2D eigenvalue weighted by Crippen LogP contribution is -2.51. The first-order valence-corrected chi connectivity index (χ1v) is 10.4. The summed E-state index contributed by atoms with van der Waals surface area (Å²) in [4.78, 5) is 25.1. The molecular weight excluding hydrogens is 404 g/mol. The molecule has 1 fully saturated rings. The van der Waals surface area contributed by atoms with Crippen molar-refractivity contribution in [2.24, 2.45) is 0 Å². The first kappa shape index (κ1) is 20.3. The smallest absolute Gasteiger partial charge is 0.260 e. The van der Waals surface area contributed by atoms with Crippen LogP contribution in [-0.4, -0.2) is 62.6 Å². The number of hydrogen-bond donors (Lipinski definition) is 0. The highest BCUT2D eigenvalue weighted by Crippen LogP contribution is 2.20. The predicted octanol–water partition coefficient (Wildman–Crippen LogP) is 2.06. The highest BCUT2D eigenvalue weighted by Gasteiger charge is 2.30. The number of carbonyl (C=O) groups excluding carboxylic acids is 2. The van der Waals surface area contributed by atoms with E-state index in [0.29, 0.717) is 22.6 Å². The van der Waals surface area contributed by atoms with E-state index in [0.717, 1.165) is 0 Å². The third-order valence-electron chi connectivity index (χ3n) is 4.44. The number of hydrogen-bond acceptors (Lipinski definition) is 5. The summed E-state index contributed by atoms with van der Waals surface area (Å²) < 4.78 is 32.2. The van der Waals surface area contributed by atoms with E-state index < -0.39 is 10.0 Å². The van der Waals surface area contributed by atoms with E-state index in [-0.39, 0.29) is 43.6 Å². The molecule has 1 aliphatic heterocycles. The number of para-hydroxylation sites is 1. The van der Waals surface area contributed by atoms with Crippen molar-refractivity contribution < 1.29 is 22.7 Å². The molecular formula is C19H19ClN2O5S. The van der Waals surface area contributed by atoms with E-state index in [1.165, 1.54) is 28.6 Å². The zero-order valence-electron chi connectivity index (χ0n) is 15.0. The molecule has 0 radical (unpaired) electrons. The normalized spacial score (nSPS) is 15.2. The van der Waals surface area contributed by atoms with Crippen LogP contribution >= 0.6 is 11.6 Å². The Bertz CT molecular complexity index is 955. The molecule has 148 valence electrons. The lowest BCUT2D eigenvalue weighted by Gasteiger charge is -2.34. The Kier molecular flexibility index (Phi) is 6.33. The van der Waals surface area contributed by atoms with Crippen LogP contribution in [0.3, 0.4) is 0 Å². The minimum absolute atomic E-state index is 0.172. The zero-order chi connectivity index (χ0) is 20.1. The minimum atomic E-state index is -3.63. The van der Waals surface area contributed by atoms with Crippen LogP contribution in [0.25, 0.3) is 0 Å².